The fourth-order valence-corrected chi connectivity index (χ4v) is 3.33. The van der Waals surface area contributed by atoms with E-state index in [-0.39, 0.29) is 25.0 Å². The maximum Gasteiger partial charge on any atom is 0.251 e. The Morgan fingerprint density at radius 3 is 2.60 bits per heavy atom. The summed E-state index contributed by atoms with van der Waals surface area (Å²) >= 11 is 0. The van der Waals surface area contributed by atoms with Gasteiger partial charge in [0.25, 0.3) is 5.91 Å². The Kier molecular flexibility index (Phi) is 7.03. The van der Waals surface area contributed by atoms with E-state index in [0.29, 0.717) is 30.2 Å². The van der Waals surface area contributed by atoms with Gasteiger partial charge >= 0.3 is 0 Å². The summed E-state index contributed by atoms with van der Waals surface area (Å²) < 4.78 is 36.8. The van der Waals surface area contributed by atoms with Crippen LogP contribution in [0, 0.1) is 0 Å². The highest BCUT2D eigenvalue weighted by atomic mass is 32.2. The topological polar surface area (TPSA) is 97.0 Å². The van der Waals surface area contributed by atoms with Crippen LogP contribution in [0.2, 0.25) is 0 Å². The number of likely N-dealkylation sites (N-methyl/N-ethyl adjacent to an activating group) is 1. The molecule has 0 saturated carbocycles. The van der Waals surface area contributed by atoms with Crippen LogP contribution < -0.4 is 19.5 Å². The van der Waals surface area contributed by atoms with Crippen LogP contribution in [-0.4, -0.2) is 64.5 Å². The Morgan fingerprint density at radius 1 is 1.16 bits per heavy atom. The van der Waals surface area contributed by atoms with E-state index in [1.54, 1.807) is 18.2 Å². The SMILES string of the molecule is CCN(CC)CCNS(=O)(=O)CCNC(=O)c1ccc2c(c1)OCO2. The summed E-state index contributed by atoms with van der Waals surface area (Å²) in [5, 5.41) is 2.60. The lowest BCUT2D eigenvalue weighted by Crippen LogP contribution is -2.38. The minimum absolute atomic E-state index is 0.0356. The first-order chi connectivity index (χ1) is 11.9. The van der Waals surface area contributed by atoms with Crippen molar-refractivity contribution in [1.29, 1.82) is 0 Å². The van der Waals surface area contributed by atoms with Crippen LogP contribution in [-0.2, 0) is 10.0 Å². The molecule has 1 amide bonds. The molecule has 1 heterocycles. The third-order valence-electron chi connectivity index (χ3n) is 3.94. The minimum atomic E-state index is -3.42. The quantitative estimate of drug-likeness (QED) is 0.618. The summed E-state index contributed by atoms with van der Waals surface area (Å²) in [6.45, 7) is 7.02. The molecule has 1 aliphatic heterocycles. The van der Waals surface area contributed by atoms with Gasteiger partial charge in [0, 0.05) is 25.2 Å². The fraction of sp³-hybridized carbons (Fsp3) is 0.562. The fourth-order valence-electron chi connectivity index (χ4n) is 2.41. The lowest BCUT2D eigenvalue weighted by atomic mass is 10.2. The first-order valence-corrected chi connectivity index (χ1v) is 9.98. The predicted molar refractivity (Wildman–Crippen MR) is 94.5 cm³/mol. The number of fused-ring (bicyclic) bond motifs is 1. The van der Waals surface area contributed by atoms with Gasteiger partial charge in [0.05, 0.1) is 5.75 Å². The van der Waals surface area contributed by atoms with Gasteiger partial charge in [-0.25, -0.2) is 13.1 Å². The molecule has 0 aromatic heterocycles. The molecule has 1 aliphatic rings. The number of hydrogen-bond donors (Lipinski definition) is 2. The van der Waals surface area contributed by atoms with Gasteiger partial charge in [-0.15, -0.1) is 0 Å². The van der Waals surface area contributed by atoms with Crippen LogP contribution in [0.4, 0.5) is 0 Å². The lowest BCUT2D eigenvalue weighted by Gasteiger charge is -2.18. The molecule has 25 heavy (non-hydrogen) atoms. The molecule has 8 nitrogen and oxygen atoms in total. The van der Waals surface area contributed by atoms with Gasteiger partial charge in [-0.1, -0.05) is 13.8 Å². The van der Waals surface area contributed by atoms with Crippen LogP contribution in [0.25, 0.3) is 0 Å². The second kappa shape index (κ2) is 9.02. The maximum absolute atomic E-state index is 12.1. The van der Waals surface area contributed by atoms with Crippen LogP contribution in [0.1, 0.15) is 24.2 Å². The molecule has 0 saturated heterocycles. The summed E-state index contributed by atoms with van der Waals surface area (Å²) in [7, 11) is -3.42. The summed E-state index contributed by atoms with van der Waals surface area (Å²) in [5.74, 6) is 0.591. The number of carbonyl (C=O) groups is 1. The highest BCUT2D eigenvalue weighted by Crippen LogP contribution is 2.32. The van der Waals surface area contributed by atoms with Crippen molar-refractivity contribution >= 4 is 15.9 Å². The number of hydrogen-bond acceptors (Lipinski definition) is 6. The molecule has 0 spiro atoms. The van der Waals surface area contributed by atoms with Crippen molar-refractivity contribution < 1.29 is 22.7 Å². The van der Waals surface area contributed by atoms with Crippen LogP contribution >= 0.6 is 0 Å². The third-order valence-corrected chi connectivity index (χ3v) is 5.32. The molecule has 2 rings (SSSR count). The second-order valence-electron chi connectivity index (χ2n) is 5.56. The smallest absolute Gasteiger partial charge is 0.251 e. The molecule has 0 aliphatic carbocycles. The summed E-state index contributed by atoms with van der Waals surface area (Å²) in [6, 6.07) is 4.84. The standard InChI is InChI=1S/C16H25N3O5S/c1-3-19(4-2)9-7-18-25(21,22)10-8-17-16(20)13-5-6-14-15(11-13)24-12-23-14/h5-6,11,18H,3-4,7-10,12H2,1-2H3,(H,17,20). The third kappa shape index (κ3) is 5.87. The molecular weight excluding hydrogens is 346 g/mol. The molecule has 140 valence electrons. The molecule has 9 heteroatoms. The zero-order valence-corrected chi connectivity index (χ0v) is 15.4. The van der Waals surface area contributed by atoms with Gasteiger partial charge in [-0.3, -0.25) is 4.79 Å². The van der Waals surface area contributed by atoms with E-state index in [1.807, 2.05) is 13.8 Å². The van der Waals surface area contributed by atoms with Gasteiger partial charge in [0.1, 0.15) is 0 Å². The first-order valence-electron chi connectivity index (χ1n) is 8.32. The molecule has 0 radical (unpaired) electrons. The normalized spacial score (nSPS) is 13.2. The van der Waals surface area contributed by atoms with Gasteiger partial charge in [0.2, 0.25) is 16.8 Å². The molecule has 1 aromatic carbocycles. The molecular formula is C16H25N3O5S. The molecule has 1 aromatic rings. The average molecular weight is 371 g/mol. The van der Waals surface area contributed by atoms with Crippen molar-refractivity contribution in [3.8, 4) is 11.5 Å². The van der Waals surface area contributed by atoms with Crippen molar-refractivity contribution in [1.82, 2.24) is 14.9 Å². The Hall–Kier alpha value is -1.84. The van der Waals surface area contributed by atoms with Gasteiger partial charge in [-0.05, 0) is 31.3 Å². The number of ether oxygens (including phenoxy) is 2. The maximum atomic E-state index is 12.1. The molecule has 0 atom stereocenters. The van der Waals surface area contributed by atoms with Crippen molar-refractivity contribution in [2.24, 2.45) is 0 Å². The van der Waals surface area contributed by atoms with Crippen LogP contribution in [0.3, 0.4) is 0 Å². The monoisotopic (exact) mass is 371 g/mol. The Balaban J connectivity index is 1.74. The number of amides is 1. The number of carbonyl (C=O) groups excluding carboxylic acids is 1. The van der Waals surface area contributed by atoms with Crippen molar-refractivity contribution in [3.05, 3.63) is 23.8 Å². The lowest BCUT2D eigenvalue weighted by molar-refractivity contribution is 0.0955. The van der Waals surface area contributed by atoms with E-state index >= 15 is 0 Å². The van der Waals surface area contributed by atoms with E-state index in [1.165, 1.54) is 0 Å². The Labute approximate surface area is 148 Å². The number of sulfonamides is 1. The van der Waals surface area contributed by atoms with Crippen LogP contribution in [0.15, 0.2) is 18.2 Å². The molecule has 0 bridgehead atoms. The average Bonchev–Trinajstić information content (AvgIpc) is 3.06. The van der Waals surface area contributed by atoms with E-state index in [9.17, 15) is 13.2 Å². The van der Waals surface area contributed by atoms with Gasteiger partial charge < -0.3 is 19.7 Å². The van der Waals surface area contributed by atoms with Crippen molar-refractivity contribution in [3.63, 3.8) is 0 Å². The zero-order chi connectivity index (χ0) is 18.3. The minimum Gasteiger partial charge on any atom is -0.454 e. The first kappa shape index (κ1) is 19.5. The second-order valence-corrected chi connectivity index (χ2v) is 7.49. The highest BCUT2D eigenvalue weighted by molar-refractivity contribution is 7.89. The number of rotatable bonds is 10. The summed E-state index contributed by atoms with van der Waals surface area (Å²) in [5.41, 5.74) is 0.399. The summed E-state index contributed by atoms with van der Waals surface area (Å²) in [4.78, 5) is 14.2. The number of nitrogens with one attached hydrogen (secondary N) is 2. The molecule has 0 unspecified atom stereocenters. The van der Waals surface area contributed by atoms with E-state index in [4.69, 9.17) is 9.47 Å². The number of nitrogens with zero attached hydrogens (tertiary/aromatic N) is 1. The van der Waals surface area contributed by atoms with E-state index < -0.39 is 10.0 Å². The Bertz CT molecular complexity index is 689. The predicted octanol–water partition coefficient (Wildman–Crippen LogP) is 0.406. The summed E-state index contributed by atoms with van der Waals surface area (Å²) in [6.07, 6.45) is 0. The molecule has 2 N–H and O–H groups in total. The van der Waals surface area contributed by atoms with Crippen molar-refractivity contribution in [2.45, 2.75) is 13.8 Å². The zero-order valence-electron chi connectivity index (χ0n) is 14.6. The van der Waals surface area contributed by atoms with Crippen LogP contribution in [0.5, 0.6) is 11.5 Å². The van der Waals surface area contributed by atoms with E-state index in [2.05, 4.69) is 14.9 Å². The number of benzene rings is 1. The Morgan fingerprint density at radius 2 is 1.88 bits per heavy atom. The van der Waals surface area contributed by atoms with E-state index in [0.717, 1.165) is 13.1 Å². The van der Waals surface area contributed by atoms with Gasteiger partial charge in [0.15, 0.2) is 11.5 Å². The van der Waals surface area contributed by atoms with Gasteiger partial charge in [-0.2, -0.15) is 0 Å². The largest absolute Gasteiger partial charge is 0.454 e. The highest BCUT2D eigenvalue weighted by Gasteiger charge is 2.17. The van der Waals surface area contributed by atoms with Crippen molar-refractivity contribution in [2.75, 3.05) is 45.3 Å². The molecule has 0 fully saturated rings.